The van der Waals surface area contributed by atoms with Crippen LogP contribution >= 0.6 is 23.2 Å². The zero-order chi connectivity index (χ0) is 20.6. The number of rotatable bonds is 4. The third-order valence-corrected chi connectivity index (χ3v) is 5.69. The molecule has 2 N–H and O–H groups in total. The maximum atomic E-state index is 12.9. The number of anilines is 1. The van der Waals surface area contributed by atoms with Gasteiger partial charge in [-0.05, 0) is 55.7 Å². The van der Waals surface area contributed by atoms with E-state index in [2.05, 4.69) is 10.6 Å². The van der Waals surface area contributed by atoms with Gasteiger partial charge in [-0.1, -0.05) is 41.4 Å². The molecule has 2 aromatic rings. The van der Waals surface area contributed by atoms with Crippen molar-refractivity contribution in [3.63, 3.8) is 0 Å². The van der Waals surface area contributed by atoms with Crippen LogP contribution in [0.4, 0.5) is 10.5 Å². The number of urea groups is 1. The lowest BCUT2D eigenvalue weighted by molar-refractivity contribution is -0.133. The molecular weight excluding hydrogens is 401 g/mol. The highest BCUT2D eigenvalue weighted by Gasteiger charge is 2.49. The average molecular weight is 420 g/mol. The molecule has 1 unspecified atom stereocenters. The number of aryl methyl sites for hydroxylation is 1. The Morgan fingerprint density at radius 1 is 1.14 bits per heavy atom. The summed E-state index contributed by atoms with van der Waals surface area (Å²) < 4.78 is 0. The summed E-state index contributed by atoms with van der Waals surface area (Å²) in [6.45, 7) is 5.00. The van der Waals surface area contributed by atoms with Gasteiger partial charge in [-0.25, -0.2) is 4.79 Å². The Morgan fingerprint density at radius 3 is 2.54 bits per heavy atom. The molecule has 0 saturated carbocycles. The molecule has 0 bridgehead atoms. The number of nitrogens with one attached hydrogen (secondary N) is 2. The van der Waals surface area contributed by atoms with E-state index in [1.807, 2.05) is 26.0 Å². The molecule has 1 aliphatic heterocycles. The lowest BCUT2D eigenvalue weighted by Gasteiger charge is -2.22. The van der Waals surface area contributed by atoms with E-state index in [1.54, 1.807) is 25.1 Å². The number of hydrogen-bond donors (Lipinski definition) is 2. The Hall–Kier alpha value is -2.57. The van der Waals surface area contributed by atoms with Crippen molar-refractivity contribution in [3.8, 4) is 0 Å². The highest BCUT2D eigenvalue weighted by atomic mass is 35.5. The standard InChI is InChI=1S/C20H19Cl2N3O3/c1-11-5-4-6-16(12(11)2)23-17(26)10-25-18(27)20(3,24-19(25)28)13-7-8-14(21)15(22)9-13/h4-9H,10H2,1-3H3,(H,23,26)(H,24,28). The quantitative estimate of drug-likeness (QED) is 0.734. The lowest BCUT2D eigenvalue weighted by atomic mass is 9.92. The van der Waals surface area contributed by atoms with E-state index in [0.29, 0.717) is 16.3 Å². The topological polar surface area (TPSA) is 78.5 Å². The SMILES string of the molecule is Cc1cccc(NC(=O)CN2C(=O)NC(C)(c3ccc(Cl)c(Cl)c3)C2=O)c1C. The van der Waals surface area contributed by atoms with Crippen molar-refractivity contribution in [1.82, 2.24) is 10.2 Å². The third-order valence-electron chi connectivity index (χ3n) is 4.95. The van der Waals surface area contributed by atoms with E-state index in [4.69, 9.17) is 23.2 Å². The molecule has 0 spiro atoms. The molecule has 0 radical (unpaired) electrons. The number of hydrogen-bond acceptors (Lipinski definition) is 3. The van der Waals surface area contributed by atoms with E-state index in [1.165, 1.54) is 6.07 Å². The lowest BCUT2D eigenvalue weighted by Crippen LogP contribution is -2.42. The molecule has 4 amide bonds. The van der Waals surface area contributed by atoms with E-state index >= 15 is 0 Å². The minimum atomic E-state index is -1.33. The van der Waals surface area contributed by atoms with Gasteiger partial charge in [0.1, 0.15) is 12.1 Å². The fourth-order valence-corrected chi connectivity index (χ4v) is 3.36. The Balaban J connectivity index is 1.79. The van der Waals surface area contributed by atoms with Crippen LogP contribution in [0.3, 0.4) is 0 Å². The van der Waals surface area contributed by atoms with Gasteiger partial charge in [0, 0.05) is 5.69 Å². The summed E-state index contributed by atoms with van der Waals surface area (Å²) in [5, 5.41) is 6.00. The zero-order valence-electron chi connectivity index (χ0n) is 15.6. The highest BCUT2D eigenvalue weighted by molar-refractivity contribution is 6.42. The van der Waals surface area contributed by atoms with Gasteiger partial charge >= 0.3 is 6.03 Å². The number of halogens is 2. The maximum absolute atomic E-state index is 12.9. The van der Waals surface area contributed by atoms with Crippen molar-refractivity contribution in [1.29, 1.82) is 0 Å². The Kier molecular flexibility index (Phi) is 5.37. The summed E-state index contributed by atoms with van der Waals surface area (Å²) in [6, 6.07) is 9.59. The zero-order valence-corrected chi connectivity index (χ0v) is 17.1. The van der Waals surface area contributed by atoms with Crippen LogP contribution < -0.4 is 10.6 Å². The Morgan fingerprint density at radius 2 is 1.86 bits per heavy atom. The molecule has 6 nitrogen and oxygen atoms in total. The molecule has 0 aromatic heterocycles. The predicted octanol–water partition coefficient (Wildman–Crippen LogP) is 4.02. The maximum Gasteiger partial charge on any atom is 0.325 e. The fourth-order valence-electron chi connectivity index (χ4n) is 3.06. The van der Waals surface area contributed by atoms with Crippen LogP contribution in [0.1, 0.15) is 23.6 Å². The van der Waals surface area contributed by atoms with Crippen molar-refractivity contribution < 1.29 is 14.4 Å². The summed E-state index contributed by atoms with van der Waals surface area (Å²) in [5.41, 5.74) is 1.75. The second kappa shape index (κ2) is 7.45. The summed E-state index contributed by atoms with van der Waals surface area (Å²) >= 11 is 12.0. The van der Waals surface area contributed by atoms with Crippen LogP contribution in [0.25, 0.3) is 0 Å². The second-order valence-corrected chi connectivity index (χ2v) is 7.69. The van der Waals surface area contributed by atoms with Gasteiger partial charge in [-0.3, -0.25) is 14.5 Å². The first-order chi connectivity index (χ1) is 13.1. The summed E-state index contributed by atoms with van der Waals surface area (Å²) in [6.07, 6.45) is 0. The summed E-state index contributed by atoms with van der Waals surface area (Å²) in [4.78, 5) is 38.7. The van der Waals surface area contributed by atoms with Gasteiger partial charge in [0.05, 0.1) is 10.0 Å². The van der Waals surface area contributed by atoms with Gasteiger partial charge in [-0.2, -0.15) is 0 Å². The van der Waals surface area contributed by atoms with Gasteiger partial charge in [0.25, 0.3) is 5.91 Å². The molecule has 0 aliphatic carbocycles. The monoisotopic (exact) mass is 419 g/mol. The van der Waals surface area contributed by atoms with E-state index in [9.17, 15) is 14.4 Å². The molecule has 1 saturated heterocycles. The predicted molar refractivity (Wildman–Crippen MR) is 109 cm³/mol. The second-order valence-electron chi connectivity index (χ2n) is 6.87. The van der Waals surface area contributed by atoms with Crippen molar-refractivity contribution in [2.24, 2.45) is 0 Å². The van der Waals surface area contributed by atoms with Crippen LogP contribution in [-0.2, 0) is 15.1 Å². The third kappa shape index (κ3) is 3.57. The van der Waals surface area contributed by atoms with Crippen LogP contribution in [0, 0.1) is 13.8 Å². The van der Waals surface area contributed by atoms with Gasteiger partial charge in [0.2, 0.25) is 5.91 Å². The number of imide groups is 1. The minimum absolute atomic E-state index is 0.272. The Bertz CT molecular complexity index is 993. The van der Waals surface area contributed by atoms with Crippen molar-refractivity contribution in [3.05, 3.63) is 63.1 Å². The molecule has 1 heterocycles. The van der Waals surface area contributed by atoms with E-state index in [-0.39, 0.29) is 5.02 Å². The molecule has 3 rings (SSSR count). The van der Waals surface area contributed by atoms with Gasteiger partial charge < -0.3 is 10.6 Å². The number of carbonyl (C=O) groups excluding carboxylic acids is 3. The van der Waals surface area contributed by atoms with Crippen molar-refractivity contribution >= 4 is 46.7 Å². The average Bonchev–Trinajstić information content (AvgIpc) is 2.85. The molecule has 28 heavy (non-hydrogen) atoms. The molecule has 2 aromatic carbocycles. The Labute approximate surface area is 172 Å². The van der Waals surface area contributed by atoms with Crippen molar-refractivity contribution in [2.45, 2.75) is 26.3 Å². The van der Waals surface area contributed by atoms with E-state index in [0.717, 1.165) is 16.0 Å². The molecular formula is C20H19Cl2N3O3. The van der Waals surface area contributed by atoms with Gasteiger partial charge in [-0.15, -0.1) is 0 Å². The first kappa shape index (κ1) is 20.2. The van der Waals surface area contributed by atoms with Crippen LogP contribution in [-0.4, -0.2) is 29.3 Å². The van der Waals surface area contributed by atoms with Crippen LogP contribution in [0.15, 0.2) is 36.4 Å². The van der Waals surface area contributed by atoms with Crippen LogP contribution in [0.2, 0.25) is 10.0 Å². The first-order valence-electron chi connectivity index (χ1n) is 8.59. The number of benzene rings is 2. The molecule has 8 heteroatoms. The van der Waals surface area contributed by atoms with Crippen molar-refractivity contribution in [2.75, 3.05) is 11.9 Å². The van der Waals surface area contributed by atoms with E-state index < -0.39 is 29.9 Å². The minimum Gasteiger partial charge on any atom is -0.324 e. The molecule has 1 fully saturated rings. The largest absolute Gasteiger partial charge is 0.325 e. The number of amides is 4. The van der Waals surface area contributed by atoms with Crippen LogP contribution in [0.5, 0.6) is 0 Å². The summed E-state index contributed by atoms with van der Waals surface area (Å²) in [7, 11) is 0. The highest BCUT2D eigenvalue weighted by Crippen LogP contribution is 2.33. The molecule has 1 aliphatic rings. The normalized spacial score (nSPS) is 19.0. The fraction of sp³-hybridized carbons (Fsp3) is 0.250. The smallest absolute Gasteiger partial charge is 0.324 e. The first-order valence-corrected chi connectivity index (χ1v) is 9.35. The molecule has 146 valence electrons. The number of nitrogens with zero attached hydrogens (tertiary/aromatic N) is 1. The van der Waals surface area contributed by atoms with Gasteiger partial charge in [0.15, 0.2) is 0 Å². The summed E-state index contributed by atoms with van der Waals surface area (Å²) in [5.74, 6) is -0.998. The molecule has 1 atom stereocenters. The number of carbonyl (C=O) groups is 3.